The fraction of sp³-hybridized carbons (Fsp3) is 0.600. The van der Waals surface area contributed by atoms with Crippen molar-refractivity contribution < 1.29 is 28.6 Å². The lowest BCUT2D eigenvalue weighted by Crippen LogP contribution is -2.55. The van der Waals surface area contributed by atoms with E-state index in [-0.39, 0.29) is 39.5 Å². The van der Waals surface area contributed by atoms with Gasteiger partial charge in [-0.05, 0) is 0 Å². The molecule has 0 radical (unpaired) electrons. The zero-order valence-electron chi connectivity index (χ0n) is 16.8. The molecule has 1 aromatic rings. The molecule has 3 N–H and O–H groups in total. The first-order valence-corrected chi connectivity index (χ1v) is 8.74. The Morgan fingerprint density at radius 3 is 1.03 bits per heavy atom. The predicted molar refractivity (Wildman–Crippen MR) is 100 cm³/mol. The Balaban J connectivity index is 3.20. The van der Waals surface area contributed by atoms with Crippen LogP contribution in [0.25, 0.3) is 0 Å². The van der Waals surface area contributed by atoms with Crippen molar-refractivity contribution in [3.8, 4) is 0 Å². The Labute approximate surface area is 169 Å². The average molecular weight is 432 g/mol. The molecule has 0 aromatic carbocycles. The molecule has 0 aliphatic rings. The molecular weight excluding hydrogens is 408 g/mol. The van der Waals surface area contributed by atoms with Gasteiger partial charge in [-0.25, -0.2) is 42.5 Å². The maximum absolute atomic E-state index is 12.6. The summed E-state index contributed by atoms with van der Waals surface area (Å²) in [5.41, 5.74) is -2.93. The van der Waals surface area contributed by atoms with E-state index in [1.54, 1.807) is 0 Å². The van der Waals surface area contributed by atoms with E-state index in [4.69, 9.17) is 14.2 Å². The molecular formula is C15H24N6O9. The van der Waals surface area contributed by atoms with Crippen molar-refractivity contribution in [3.63, 3.8) is 0 Å². The quantitative estimate of drug-likeness (QED) is 0.348. The van der Waals surface area contributed by atoms with Gasteiger partial charge in [0.15, 0.2) is 0 Å². The van der Waals surface area contributed by atoms with E-state index in [0.29, 0.717) is 13.7 Å². The zero-order valence-corrected chi connectivity index (χ0v) is 16.8. The number of carbonyl (C=O) groups is 3. The number of rotatable bonds is 9. The molecule has 0 unspecified atom stereocenters. The van der Waals surface area contributed by atoms with Crippen molar-refractivity contribution in [3.05, 3.63) is 31.5 Å². The van der Waals surface area contributed by atoms with Gasteiger partial charge in [-0.1, -0.05) is 0 Å². The Kier molecular flexibility index (Phi) is 9.64. The molecule has 168 valence electrons. The zero-order chi connectivity index (χ0) is 22.7. The van der Waals surface area contributed by atoms with Crippen LogP contribution >= 0.6 is 0 Å². The van der Waals surface area contributed by atoms with Gasteiger partial charge >= 0.3 is 35.3 Å². The molecule has 0 fully saturated rings. The first-order valence-electron chi connectivity index (χ1n) is 8.74. The molecule has 1 heterocycles. The minimum Gasteiger partial charge on any atom is -0.448 e. The van der Waals surface area contributed by atoms with E-state index >= 15 is 0 Å². The van der Waals surface area contributed by atoms with Crippen LogP contribution in [-0.2, 0) is 33.8 Å². The summed E-state index contributed by atoms with van der Waals surface area (Å²) in [7, 11) is 4.00. The number of alkyl carbamates (subject to hydrolysis) is 3. The Morgan fingerprint density at radius 2 is 0.833 bits per heavy atom. The van der Waals surface area contributed by atoms with Crippen LogP contribution in [0.4, 0.5) is 14.4 Å². The molecule has 0 aliphatic carbocycles. The van der Waals surface area contributed by atoms with Crippen molar-refractivity contribution >= 4 is 18.3 Å². The number of hydrogen-bond acceptors (Lipinski definition) is 9. The van der Waals surface area contributed by atoms with Crippen LogP contribution < -0.4 is 33.0 Å². The van der Waals surface area contributed by atoms with Crippen molar-refractivity contribution in [2.75, 3.05) is 41.0 Å². The molecule has 1 rings (SSSR count). The van der Waals surface area contributed by atoms with Crippen LogP contribution in [0, 0.1) is 0 Å². The highest BCUT2D eigenvalue weighted by Crippen LogP contribution is 1.85. The molecule has 15 heteroatoms. The monoisotopic (exact) mass is 432 g/mol. The number of amides is 3. The molecule has 0 saturated heterocycles. The van der Waals surface area contributed by atoms with Crippen molar-refractivity contribution in [2.45, 2.75) is 19.6 Å². The summed E-state index contributed by atoms with van der Waals surface area (Å²) in [4.78, 5) is 71.2. The lowest BCUT2D eigenvalue weighted by molar-refractivity contribution is 0.137. The van der Waals surface area contributed by atoms with Crippen LogP contribution in [0.5, 0.6) is 0 Å². The number of carbonyl (C=O) groups excluding carboxylic acids is 3. The van der Waals surface area contributed by atoms with Crippen molar-refractivity contribution in [2.24, 2.45) is 0 Å². The third kappa shape index (κ3) is 6.68. The van der Waals surface area contributed by atoms with E-state index in [1.807, 2.05) is 0 Å². The summed E-state index contributed by atoms with van der Waals surface area (Å²) in [6.07, 6.45) is -2.31. The molecule has 0 bridgehead atoms. The summed E-state index contributed by atoms with van der Waals surface area (Å²) in [5, 5.41) is 6.61. The van der Waals surface area contributed by atoms with Crippen LogP contribution in [0.15, 0.2) is 14.4 Å². The molecule has 3 amide bonds. The van der Waals surface area contributed by atoms with Gasteiger partial charge in [-0.3, -0.25) is 0 Å². The Bertz CT molecular complexity index is 783. The summed E-state index contributed by atoms with van der Waals surface area (Å²) in [6.45, 7) is -1.97. The first kappa shape index (κ1) is 24.3. The molecule has 0 saturated carbocycles. The SMILES string of the molecule is CNC(=O)OCCn1c(=O)n(CCOC(=O)NC)c(=O)n(CCOC(=O)NC)c1=O. The van der Waals surface area contributed by atoms with E-state index in [0.717, 1.165) is 0 Å². The smallest absolute Gasteiger partial charge is 0.406 e. The Hall–Kier alpha value is -3.78. The number of aromatic nitrogens is 3. The van der Waals surface area contributed by atoms with Crippen molar-refractivity contribution in [1.29, 1.82) is 0 Å². The van der Waals surface area contributed by atoms with Gasteiger partial charge in [0.05, 0.1) is 19.6 Å². The largest absolute Gasteiger partial charge is 0.448 e. The third-order valence-corrected chi connectivity index (χ3v) is 3.64. The van der Waals surface area contributed by atoms with Crippen LogP contribution in [0.1, 0.15) is 0 Å². The van der Waals surface area contributed by atoms with Gasteiger partial charge < -0.3 is 30.2 Å². The summed E-state index contributed by atoms with van der Waals surface area (Å²) >= 11 is 0. The second-order valence-electron chi connectivity index (χ2n) is 5.46. The molecule has 30 heavy (non-hydrogen) atoms. The first-order chi connectivity index (χ1) is 14.3. The molecule has 15 nitrogen and oxygen atoms in total. The lowest BCUT2D eigenvalue weighted by Gasteiger charge is -2.14. The molecule has 1 aromatic heterocycles. The van der Waals surface area contributed by atoms with Crippen molar-refractivity contribution in [1.82, 2.24) is 29.7 Å². The number of hydrogen-bond donors (Lipinski definition) is 3. The highest BCUT2D eigenvalue weighted by atomic mass is 16.6. The summed E-state index contributed by atoms with van der Waals surface area (Å²) in [5.74, 6) is 0. The minimum absolute atomic E-state index is 0.323. The lowest BCUT2D eigenvalue weighted by atomic mass is 10.5. The summed E-state index contributed by atoms with van der Waals surface area (Å²) in [6, 6.07) is 0. The maximum atomic E-state index is 12.6. The molecule has 0 spiro atoms. The molecule has 0 aliphatic heterocycles. The fourth-order valence-electron chi connectivity index (χ4n) is 2.16. The second kappa shape index (κ2) is 11.9. The van der Waals surface area contributed by atoms with E-state index in [2.05, 4.69) is 16.0 Å². The number of nitrogens with zero attached hydrogens (tertiary/aromatic N) is 3. The number of ether oxygens (including phenoxy) is 3. The van der Waals surface area contributed by atoms with E-state index in [1.165, 1.54) is 21.1 Å². The van der Waals surface area contributed by atoms with Gasteiger partial charge in [0, 0.05) is 21.1 Å². The van der Waals surface area contributed by atoms with Crippen LogP contribution in [0.2, 0.25) is 0 Å². The normalized spacial score (nSPS) is 10.1. The second-order valence-corrected chi connectivity index (χ2v) is 5.46. The number of nitrogens with one attached hydrogen (secondary N) is 3. The highest BCUT2D eigenvalue weighted by Gasteiger charge is 2.16. The van der Waals surface area contributed by atoms with Gasteiger partial charge in [-0.2, -0.15) is 0 Å². The van der Waals surface area contributed by atoms with E-state index in [9.17, 15) is 28.8 Å². The maximum Gasteiger partial charge on any atom is 0.406 e. The average Bonchev–Trinajstić information content (AvgIpc) is 2.74. The summed E-state index contributed by atoms with van der Waals surface area (Å²) < 4.78 is 16.4. The van der Waals surface area contributed by atoms with Crippen LogP contribution in [-0.4, -0.2) is 72.9 Å². The van der Waals surface area contributed by atoms with Gasteiger partial charge in [-0.15, -0.1) is 0 Å². The molecule has 0 atom stereocenters. The van der Waals surface area contributed by atoms with Gasteiger partial charge in [0.1, 0.15) is 19.8 Å². The van der Waals surface area contributed by atoms with Gasteiger partial charge in [0.25, 0.3) is 0 Å². The Morgan fingerprint density at radius 1 is 0.600 bits per heavy atom. The third-order valence-electron chi connectivity index (χ3n) is 3.64. The highest BCUT2D eigenvalue weighted by molar-refractivity contribution is 5.67. The predicted octanol–water partition coefficient (Wildman–Crippen LogP) is -2.76. The van der Waals surface area contributed by atoms with Crippen LogP contribution in [0.3, 0.4) is 0 Å². The topological polar surface area (TPSA) is 181 Å². The standard InChI is InChI=1S/C15H24N6O9/c1-16-10(22)28-7-4-19-13(25)20(5-8-29-11(23)17-2)15(27)21(14(19)26)6-9-30-12(24)18-3/h4-9H2,1-3H3,(H,16,22)(H,17,23)(H,18,24). The fourth-order valence-corrected chi connectivity index (χ4v) is 2.16. The van der Waals surface area contributed by atoms with Gasteiger partial charge in [0.2, 0.25) is 0 Å². The van der Waals surface area contributed by atoms with E-state index < -0.39 is 35.3 Å². The minimum atomic E-state index is -0.977.